The third-order valence-electron chi connectivity index (χ3n) is 3.82. The summed E-state index contributed by atoms with van der Waals surface area (Å²) >= 11 is 0. The van der Waals surface area contributed by atoms with E-state index >= 15 is 0 Å². The highest BCUT2D eigenvalue weighted by molar-refractivity contribution is 5.84. The van der Waals surface area contributed by atoms with E-state index in [4.69, 9.17) is 4.74 Å². The van der Waals surface area contributed by atoms with Gasteiger partial charge in [0.2, 0.25) is 0 Å². The number of ether oxygens (including phenoxy) is 1. The number of rotatable bonds is 6. The van der Waals surface area contributed by atoms with E-state index in [1.807, 2.05) is 13.8 Å². The van der Waals surface area contributed by atoms with Gasteiger partial charge in [0, 0.05) is 13.6 Å². The molecule has 0 aromatic carbocycles. The van der Waals surface area contributed by atoms with Crippen molar-refractivity contribution in [3.8, 4) is 0 Å². The molecule has 1 rings (SSSR count). The van der Waals surface area contributed by atoms with Crippen LogP contribution in [0.25, 0.3) is 0 Å². The normalized spacial score (nSPS) is 19.0. The highest BCUT2D eigenvalue weighted by Gasteiger charge is 2.38. The predicted octanol–water partition coefficient (Wildman–Crippen LogP) is 1.85. The van der Waals surface area contributed by atoms with Gasteiger partial charge in [0.05, 0.1) is 0 Å². The fraction of sp³-hybridized carbons (Fsp3) is 0.824. The van der Waals surface area contributed by atoms with Crippen LogP contribution in [-0.2, 0) is 14.3 Å². The van der Waals surface area contributed by atoms with E-state index in [1.165, 1.54) is 11.9 Å². The van der Waals surface area contributed by atoms with Gasteiger partial charge in [0.1, 0.15) is 17.7 Å². The van der Waals surface area contributed by atoms with Crippen molar-refractivity contribution in [3.05, 3.63) is 0 Å². The molecule has 1 aliphatic rings. The van der Waals surface area contributed by atoms with Gasteiger partial charge in [-0.25, -0.2) is 15.0 Å². The SMILES string of the molecule is CC(C)CC(NN(C)C(=O)N1CCC[C@H]1C(=O)OC(C)(C)C)C(=O)O. The Kier molecular flexibility index (Phi) is 7.22. The van der Waals surface area contributed by atoms with E-state index in [1.54, 1.807) is 20.8 Å². The number of hydrogen-bond donors (Lipinski definition) is 2. The van der Waals surface area contributed by atoms with Crippen molar-refractivity contribution in [1.29, 1.82) is 0 Å². The minimum Gasteiger partial charge on any atom is -0.480 e. The number of carboxylic acids is 1. The molecule has 0 radical (unpaired) electrons. The molecule has 1 fully saturated rings. The molecule has 0 saturated carbocycles. The molecular formula is C17H31N3O5. The van der Waals surface area contributed by atoms with Gasteiger partial charge in [-0.05, 0) is 46.0 Å². The number of hydrazine groups is 1. The summed E-state index contributed by atoms with van der Waals surface area (Å²) in [7, 11) is 1.48. The summed E-state index contributed by atoms with van der Waals surface area (Å²) in [6.45, 7) is 9.61. The summed E-state index contributed by atoms with van der Waals surface area (Å²) in [5.41, 5.74) is 2.10. The summed E-state index contributed by atoms with van der Waals surface area (Å²) in [6, 6.07) is -1.93. The highest BCUT2D eigenvalue weighted by atomic mass is 16.6. The molecule has 2 N–H and O–H groups in total. The molecule has 8 heteroatoms. The van der Waals surface area contributed by atoms with E-state index in [-0.39, 0.29) is 5.92 Å². The molecule has 0 bridgehead atoms. The number of hydrogen-bond acceptors (Lipinski definition) is 5. The van der Waals surface area contributed by atoms with Crippen LogP contribution in [0.3, 0.4) is 0 Å². The molecule has 1 unspecified atom stereocenters. The predicted molar refractivity (Wildman–Crippen MR) is 92.7 cm³/mol. The van der Waals surface area contributed by atoms with Gasteiger partial charge in [-0.1, -0.05) is 13.8 Å². The van der Waals surface area contributed by atoms with Crippen molar-refractivity contribution in [2.45, 2.75) is 71.6 Å². The molecule has 25 heavy (non-hydrogen) atoms. The van der Waals surface area contributed by atoms with Crippen LogP contribution in [0.15, 0.2) is 0 Å². The largest absolute Gasteiger partial charge is 0.480 e. The zero-order valence-corrected chi connectivity index (χ0v) is 16.0. The van der Waals surface area contributed by atoms with Gasteiger partial charge in [-0.15, -0.1) is 0 Å². The maximum Gasteiger partial charge on any atom is 0.334 e. The molecule has 1 saturated heterocycles. The number of likely N-dealkylation sites (tertiary alicyclic amines) is 1. The lowest BCUT2D eigenvalue weighted by molar-refractivity contribution is -0.159. The molecule has 0 aromatic rings. The van der Waals surface area contributed by atoms with Crippen LogP contribution in [0, 0.1) is 5.92 Å². The average molecular weight is 357 g/mol. The minimum absolute atomic E-state index is 0.165. The van der Waals surface area contributed by atoms with Crippen LogP contribution in [0.4, 0.5) is 4.79 Å². The van der Waals surface area contributed by atoms with Crippen LogP contribution in [0.2, 0.25) is 0 Å². The Labute approximate surface area is 149 Å². The Bertz CT molecular complexity index is 501. The number of carbonyl (C=O) groups excluding carboxylic acids is 2. The Hall–Kier alpha value is -1.83. The summed E-state index contributed by atoms with van der Waals surface area (Å²) in [4.78, 5) is 37.8. The molecule has 2 atom stereocenters. The van der Waals surface area contributed by atoms with Crippen LogP contribution in [0.1, 0.15) is 53.9 Å². The number of nitrogens with zero attached hydrogens (tertiary/aromatic N) is 2. The van der Waals surface area contributed by atoms with Gasteiger partial charge >= 0.3 is 18.0 Å². The molecule has 2 amide bonds. The van der Waals surface area contributed by atoms with Crippen molar-refractivity contribution in [3.63, 3.8) is 0 Å². The quantitative estimate of drug-likeness (QED) is 0.556. The second kappa shape index (κ2) is 8.51. The molecule has 1 heterocycles. The first-order valence-corrected chi connectivity index (χ1v) is 8.68. The smallest absolute Gasteiger partial charge is 0.334 e. The first kappa shape index (κ1) is 21.2. The van der Waals surface area contributed by atoms with E-state index in [0.717, 1.165) is 5.01 Å². The molecule has 0 aliphatic carbocycles. The zero-order chi connectivity index (χ0) is 19.4. The van der Waals surface area contributed by atoms with Crippen molar-refractivity contribution in [2.24, 2.45) is 5.92 Å². The van der Waals surface area contributed by atoms with Crippen LogP contribution in [-0.4, -0.2) is 64.3 Å². The highest BCUT2D eigenvalue weighted by Crippen LogP contribution is 2.22. The first-order valence-electron chi connectivity index (χ1n) is 8.68. The van der Waals surface area contributed by atoms with Crippen molar-refractivity contribution >= 4 is 18.0 Å². The number of amides is 2. The van der Waals surface area contributed by atoms with Gasteiger partial charge < -0.3 is 14.7 Å². The number of esters is 1. The van der Waals surface area contributed by atoms with Crippen molar-refractivity contribution in [2.75, 3.05) is 13.6 Å². The lowest BCUT2D eigenvalue weighted by Crippen LogP contribution is -2.56. The second-order valence-corrected chi connectivity index (χ2v) is 7.88. The molecule has 144 valence electrons. The zero-order valence-electron chi connectivity index (χ0n) is 16.0. The Balaban J connectivity index is 2.75. The Morgan fingerprint density at radius 3 is 2.40 bits per heavy atom. The number of urea groups is 1. The first-order chi connectivity index (χ1) is 11.4. The van der Waals surface area contributed by atoms with E-state index in [2.05, 4.69) is 5.43 Å². The Morgan fingerprint density at radius 2 is 1.92 bits per heavy atom. The average Bonchev–Trinajstić information content (AvgIpc) is 2.92. The van der Waals surface area contributed by atoms with Gasteiger partial charge in [-0.2, -0.15) is 0 Å². The Morgan fingerprint density at radius 1 is 1.32 bits per heavy atom. The van der Waals surface area contributed by atoms with Crippen molar-refractivity contribution < 1.29 is 24.2 Å². The van der Waals surface area contributed by atoms with E-state index in [0.29, 0.717) is 25.8 Å². The van der Waals surface area contributed by atoms with Crippen LogP contribution >= 0.6 is 0 Å². The molecular weight excluding hydrogens is 326 g/mol. The maximum absolute atomic E-state index is 12.7. The number of carbonyl (C=O) groups is 3. The minimum atomic E-state index is -1.02. The summed E-state index contributed by atoms with van der Waals surface area (Å²) < 4.78 is 5.39. The number of aliphatic carboxylic acids is 1. The number of carboxylic acid groups (broad SMARTS) is 1. The topological polar surface area (TPSA) is 99.2 Å². The summed E-state index contributed by atoms with van der Waals surface area (Å²) in [6.07, 6.45) is 1.64. The molecule has 8 nitrogen and oxygen atoms in total. The summed E-state index contributed by atoms with van der Waals surface area (Å²) in [5, 5.41) is 10.5. The third kappa shape index (κ3) is 6.53. The molecule has 0 aromatic heterocycles. The van der Waals surface area contributed by atoms with Crippen molar-refractivity contribution in [1.82, 2.24) is 15.3 Å². The fourth-order valence-electron chi connectivity index (χ4n) is 2.77. The van der Waals surface area contributed by atoms with Crippen LogP contribution < -0.4 is 5.43 Å². The van der Waals surface area contributed by atoms with Gasteiger partial charge in [0.15, 0.2) is 0 Å². The number of nitrogens with one attached hydrogen (secondary N) is 1. The van der Waals surface area contributed by atoms with E-state index < -0.39 is 35.7 Å². The van der Waals surface area contributed by atoms with E-state index in [9.17, 15) is 19.5 Å². The molecule has 0 spiro atoms. The lowest BCUT2D eigenvalue weighted by Gasteiger charge is -2.32. The summed E-state index contributed by atoms with van der Waals surface area (Å²) in [5.74, 6) is -1.28. The standard InChI is InChI=1S/C17H31N3O5/c1-11(2)10-12(14(21)22)18-19(6)16(24)20-9-7-8-13(20)15(23)25-17(3,4)5/h11-13,18H,7-10H2,1-6H3,(H,21,22)/t12?,13-/m0/s1. The lowest BCUT2D eigenvalue weighted by atomic mass is 10.0. The maximum atomic E-state index is 12.7. The third-order valence-corrected chi connectivity index (χ3v) is 3.82. The fourth-order valence-corrected chi connectivity index (χ4v) is 2.77. The molecule has 1 aliphatic heterocycles. The van der Waals surface area contributed by atoms with Crippen LogP contribution in [0.5, 0.6) is 0 Å². The monoisotopic (exact) mass is 357 g/mol. The van der Waals surface area contributed by atoms with Gasteiger partial charge in [-0.3, -0.25) is 9.80 Å². The van der Waals surface area contributed by atoms with Gasteiger partial charge in [0.25, 0.3) is 0 Å². The second-order valence-electron chi connectivity index (χ2n) is 7.88.